The summed E-state index contributed by atoms with van der Waals surface area (Å²) in [6.45, 7) is 9.41. The fourth-order valence-electron chi connectivity index (χ4n) is 4.50. The smallest absolute Gasteiger partial charge is 0.319 e. The largest absolute Gasteiger partial charge is 0.387 e. The van der Waals surface area contributed by atoms with Crippen LogP contribution in [0.25, 0.3) is 11.2 Å². The molecule has 3 aromatic rings. The first-order valence-electron chi connectivity index (χ1n) is 12.7. The third kappa shape index (κ3) is 6.21. The highest BCUT2D eigenvalue weighted by Gasteiger charge is 2.44. The summed E-state index contributed by atoms with van der Waals surface area (Å²) >= 11 is 0. The van der Waals surface area contributed by atoms with Crippen molar-refractivity contribution in [2.75, 3.05) is 31.2 Å². The predicted octanol–water partition coefficient (Wildman–Crippen LogP) is 1.86. The highest BCUT2D eigenvalue weighted by atomic mass is 16.6. The fourth-order valence-corrected chi connectivity index (χ4v) is 4.50. The van der Waals surface area contributed by atoms with E-state index in [0.717, 1.165) is 5.69 Å². The first-order valence-corrected chi connectivity index (χ1v) is 12.7. The number of urea groups is 1. The number of ether oxygens (including phenoxy) is 1. The second-order valence-electron chi connectivity index (χ2n) is 11.0. The maximum absolute atomic E-state index is 12.4. The number of aliphatic hydroxyl groups is 2. The van der Waals surface area contributed by atoms with Gasteiger partial charge in [-0.05, 0) is 50.0 Å². The Labute approximate surface area is 222 Å². The van der Waals surface area contributed by atoms with Crippen LogP contribution in [0.5, 0.6) is 0 Å². The number of likely N-dealkylation sites (N-methyl/N-ethyl adjacent to an activating group) is 1. The molecule has 5 atom stereocenters. The Morgan fingerprint density at radius 3 is 2.58 bits per heavy atom. The molecule has 0 radical (unpaired) electrons. The van der Waals surface area contributed by atoms with Crippen LogP contribution >= 0.6 is 0 Å². The summed E-state index contributed by atoms with van der Waals surface area (Å²) in [5.41, 5.74) is 8.67. The van der Waals surface area contributed by atoms with Crippen molar-refractivity contribution >= 4 is 28.7 Å². The Bertz CT molecular complexity index is 1240. The number of aromatic nitrogens is 4. The third-order valence-electron chi connectivity index (χ3n) is 6.82. The van der Waals surface area contributed by atoms with Gasteiger partial charge in [-0.3, -0.25) is 4.57 Å². The van der Waals surface area contributed by atoms with Crippen molar-refractivity contribution in [2.24, 2.45) is 0 Å². The molecule has 1 fully saturated rings. The van der Waals surface area contributed by atoms with Crippen molar-refractivity contribution in [3.8, 4) is 0 Å². The van der Waals surface area contributed by atoms with Gasteiger partial charge in [0.15, 0.2) is 17.7 Å². The first kappa shape index (κ1) is 27.7. The van der Waals surface area contributed by atoms with Crippen LogP contribution in [-0.4, -0.2) is 85.2 Å². The van der Waals surface area contributed by atoms with Crippen LogP contribution in [0.15, 0.2) is 36.9 Å². The number of carbonyl (C=O) groups is 1. The zero-order valence-electron chi connectivity index (χ0n) is 22.5. The monoisotopic (exact) mass is 526 g/mol. The van der Waals surface area contributed by atoms with Crippen LogP contribution in [0, 0.1) is 0 Å². The molecule has 6 N–H and O–H groups in total. The zero-order valence-corrected chi connectivity index (χ0v) is 22.5. The molecule has 12 heteroatoms. The Kier molecular flexibility index (Phi) is 8.16. The van der Waals surface area contributed by atoms with Crippen LogP contribution in [0.4, 0.5) is 16.3 Å². The Morgan fingerprint density at radius 2 is 1.89 bits per heavy atom. The van der Waals surface area contributed by atoms with Crippen LogP contribution in [-0.2, 0) is 10.2 Å². The lowest BCUT2D eigenvalue weighted by atomic mass is 9.87. The van der Waals surface area contributed by atoms with E-state index in [1.807, 2.05) is 43.1 Å². The number of nitrogens with one attached hydrogen (secondary N) is 2. The van der Waals surface area contributed by atoms with Crippen molar-refractivity contribution in [3.05, 3.63) is 42.5 Å². The lowest BCUT2D eigenvalue weighted by Crippen LogP contribution is -2.41. The number of rotatable bonds is 8. The molecular formula is C26H38N8O4. The summed E-state index contributed by atoms with van der Waals surface area (Å²) in [6.07, 6.45) is -0.265. The number of hydrogen-bond donors (Lipinski definition) is 5. The first-order chi connectivity index (χ1) is 17.9. The molecule has 3 heterocycles. The lowest BCUT2D eigenvalue weighted by molar-refractivity contribution is -0.0423. The molecule has 1 aromatic carbocycles. The number of anilines is 2. The van der Waals surface area contributed by atoms with Gasteiger partial charge < -0.3 is 36.2 Å². The Morgan fingerprint density at radius 1 is 1.18 bits per heavy atom. The average Bonchev–Trinajstić information content (AvgIpc) is 3.40. The standard InChI is InChI=1S/C26H38N8O4/c1-15(31-25(37)32-17-8-6-16(7-9-17)26(2,3)4)10-11-33(5)12-18-20(35)21(36)24(38-18)34-14-30-19-22(27)28-13-29-23(19)34/h6-9,13-15,18,20-21,24,35-36H,10-12H2,1-5H3,(H2,27,28,29)(H2,31,32,37)/t15-,18+,20+,21+,24?/m0/s1. The molecular weight excluding hydrogens is 488 g/mol. The maximum atomic E-state index is 12.4. The normalized spacial score (nSPS) is 22.6. The minimum absolute atomic E-state index is 0.0528. The summed E-state index contributed by atoms with van der Waals surface area (Å²) < 4.78 is 7.57. The van der Waals surface area contributed by atoms with E-state index < -0.39 is 24.5 Å². The molecule has 4 rings (SSSR count). The van der Waals surface area contributed by atoms with Crippen LogP contribution in [0.1, 0.15) is 45.9 Å². The lowest BCUT2D eigenvalue weighted by Gasteiger charge is -2.24. The topological polar surface area (TPSA) is 164 Å². The van der Waals surface area contributed by atoms with E-state index in [2.05, 4.69) is 46.4 Å². The quantitative estimate of drug-likeness (QED) is 0.295. The molecule has 1 saturated heterocycles. The van der Waals surface area contributed by atoms with Crippen molar-refractivity contribution in [1.82, 2.24) is 29.7 Å². The number of nitrogens with two attached hydrogens (primary N) is 1. The van der Waals surface area contributed by atoms with Crippen LogP contribution < -0.4 is 16.4 Å². The highest BCUT2D eigenvalue weighted by molar-refractivity contribution is 5.89. The predicted molar refractivity (Wildman–Crippen MR) is 145 cm³/mol. The van der Waals surface area contributed by atoms with E-state index in [1.54, 1.807) is 4.57 Å². The molecule has 0 aliphatic carbocycles. The summed E-state index contributed by atoms with van der Waals surface area (Å²) in [5, 5.41) is 27.1. The number of imidazole rings is 1. The summed E-state index contributed by atoms with van der Waals surface area (Å²) in [4.78, 5) is 26.7. The van der Waals surface area contributed by atoms with E-state index >= 15 is 0 Å². The number of hydrogen-bond acceptors (Lipinski definition) is 9. The van der Waals surface area contributed by atoms with Gasteiger partial charge in [0.05, 0.1) is 6.33 Å². The van der Waals surface area contributed by atoms with Crippen molar-refractivity contribution < 1.29 is 19.7 Å². The van der Waals surface area contributed by atoms with Gasteiger partial charge in [-0.1, -0.05) is 32.9 Å². The molecule has 2 amide bonds. The summed E-state index contributed by atoms with van der Waals surface area (Å²) in [6, 6.07) is 7.51. The van der Waals surface area contributed by atoms with Crippen molar-refractivity contribution in [3.63, 3.8) is 0 Å². The van der Waals surface area contributed by atoms with E-state index in [9.17, 15) is 15.0 Å². The van der Waals surface area contributed by atoms with E-state index in [4.69, 9.17) is 10.5 Å². The molecule has 0 bridgehead atoms. The van der Waals surface area contributed by atoms with Gasteiger partial charge in [-0.15, -0.1) is 0 Å². The van der Waals surface area contributed by atoms with Crippen LogP contribution in [0.3, 0.4) is 0 Å². The summed E-state index contributed by atoms with van der Waals surface area (Å²) in [7, 11) is 1.90. The molecule has 1 aliphatic rings. The van der Waals surface area contributed by atoms with Crippen molar-refractivity contribution in [2.45, 2.75) is 70.1 Å². The second kappa shape index (κ2) is 11.2. The van der Waals surface area contributed by atoms with E-state index in [0.29, 0.717) is 30.7 Å². The van der Waals surface area contributed by atoms with Gasteiger partial charge in [0.25, 0.3) is 0 Å². The fraction of sp³-hybridized carbons (Fsp3) is 0.538. The zero-order chi connectivity index (χ0) is 27.6. The van der Waals surface area contributed by atoms with E-state index in [-0.39, 0.29) is 23.3 Å². The highest BCUT2D eigenvalue weighted by Crippen LogP contribution is 2.32. The number of nitrogens with zero attached hydrogens (tertiary/aromatic N) is 5. The van der Waals surface area contributed by atoms with Gasteiger partial charge in [-0.25, -0.2) is 19.7 Å². The number of carbonyl (C=O) groups excluding carboxylic acids is 1. The maximum Gasteiger partial charge on any atom is 0.319 e. The van der Waals surface area contributed by atoms with Crippen molar-refractivity contribution in [1.29, 1.82) is 0 Å². The molecule has 206 valence electrons. The molecule has 12 nitrogen and oxygen atoms in total. The minimum Gasteiger partial charge on any atom is -0.387 e. The number of benzene rings is 1. The van der Waals surface area contributed by atoms with Gasteiger partial charge in [0.1, 0.15) is 30.2 Å². The second-order valence-corrected chi connectivity index (χ2v) is 11.0. The summed E-state index contributed by atoms with van der Waals surface area (Å²) in [5.74, 6) is 0.230. The number of aliphatic hydroxyl groups excluding tert-OH is 2. The SMILES string of the molecule is C[C@@H](CCN(C)C[C@H]1OC(n2cnc3c(N)ncnc32)[C@H](O)[C@@H]1O)NC(=O)Nc1ccc(C(C)(C)C)cc1. The third-order valence-corrected chi connectivity index (χ3v) is 6.82. The molecule has 2 aromatic heterocycles. The number of nitrogen functional groups attached to an aromatic ring is 1. The molecule has 1 aliphatic heterocycles. The Hall–Kier alpha value is -3.32. The average molecular weight is 527 g/mol. The minimum atomic E-state index is -1.16. The van der Waals surface area contributed by atoms with E-state index in [1.165, 1.54) is 18.2 Å². The molecule has 0 saturated carbocycles. The number of fused-ring (bicyclic) bond motifs is 1. The van der Waals surface area contributed by atoms with Gasteiger partial charge in [0, 0.05) is 18.3 Å². The Balaban J connectivity index is 1.25. The van der Waals surface area contributed by atoms with Crippen LogP contribution in [0.2, 0.25) is 0 Å². The molecule has 38 heavy (non-hydrogen) atoms. The molecule has 0 spiro atoms. The molecule has 1 unspecified atom stereocenters. The number of amides is 2. The van der Waals surface area contributed by atoms with Gasteiger partial charge >= 0.3 is 6.03 Å². The van der Waals surface area contributed by atoms with Gasteiger partial charge in [0.2, 0.25) is 0 Å². The van der Waals surface area contributed by atoms with Gasteiger partial charge in [-0.2, -0.15) is 0 Å².